The maximum absolute atomic E-state index is 11.5. The summed E-state index contributed by atoms with van der Waals surface area (Å²) in [5.74, 6) is 6.22. The van der Waals surface area contributed by atoms with Gasteiger partial charge in [-0.2, -0.15) is 0 Å². The molecule has 0 heterocycles. The molecule has 0 N–H and O–H groups in total. The summed E-state index contributed by atoms with van der Waals surface area (Å²) in [6, 6.07) is 0. The Morgan fingerprint density at radius 1 is 0.903 bits per heavy atom. The molecule has 31 heavy (non-hydrogen) atoms. The molecule has 0 spiro atoms. The maximum Gasteiger partial charge on any atom is 0.302 e. The number of fused-ring (bicyclic) bond motifs is 5. The zero-order valence-electron chi connectivity index (χ0n) is 21.4. The molecule has 2 heteroatoms. The fourth-order valence-electron chi connectivity index (χ4n) is 9.59. The number of hydrogen-bond donors (Lipinski definition) is 0. The van der Waals surface area contributed by atoms with Crippen molar-refractivity contribution < 1.29 is 9.53 Å². The predicted molar refractivity (Wildman–Crippen MR) is 129 cm³/mol. The summed E-state index contributed by atoms with van der Waals surface area (Å²) < 4.78 is 5.65. The van der Waals surface area contributed by atoms with Crippen LogP contribution in [0.3, 0.4) is 0 Å². The molecular formula is C29H50O2. The first kappa shape index (κ1) is 23.6. The van der Waals surface area contributed by atoms with E-state index in [1.165, 1.54) is 64.2 Å². The number of carbonyl (C=O) groups is 1. The minimum Gasteiger partial charge on any atom is -0.463 e. The van der Waals surface area contributed by atoms with Crippen molar-refractivity contribution in [1.29, 1.82) is 0 Å². The van der Waals surface area contributed by atoms with Gasteiger partial charge in [-0.3, -0.25) is 4.79 Å². The Morgan fingerprint density at radius 2 is 1.61 bits per heavy atom. The van der Waals surface area contributed by atoms with Gasteiger partial charge >= 0.3 is 5.97 Å². The van der Waals surface area contributed by atoms with Gasteiger partial charge in [-0.25, -0.2) is 0 Å². The molecule has 0 aromatic rings. The van der Waals surface area contributed by atoms with E-state index < -0.39 is 0 Å². The highest BCUT2D eigenvalue weighted by atomic mass is 16.5. The first-order valence-electron chi connectivity index (χ1n) is 13.8. The smallest absolute Gasteiger partial charge is 0.302 e. The molecule has 178 valence electrons. The van der Waals surface area contributed by atoms with Crippen LogP contribution in [-0.2, 0) is 9.53 Å². The lowest BCUT2D eigenvalue weighted by atomic mass is 9.44. The Hall–Kier alpha value is -0.530. The lowest BCUT2D eigenvalue weighted by Crippen LogP contribution is -2.54. The van der Waals surface area contributed by atoms with E-state index in [1.807, 2.05) is 0 Å². The summed E-state index contributed by atoms with van der Waals surface area (Å²) >= 11 is 0. The first-order valence-corrected chi connectivity index (χ1v) is 13.8. The van der Waals surface area contributed by atoms with Crippen LogP contribution in [-0.4, -0.2) is 12.1 Å². The van der Waals surface area contributed by atoms with Crippen molar-refractivity contribution in [2.24, 2.45) is 52.3 Å². The standard InChI is InChI=1S/C29H50O2/c1-19(2)8-7-9-20(3)25-12-13-26-24-11-10-22-18-23(31-21(4)30)14-16-28(22,5)27(24)15-17-29(25,26)6/h19-20,22-27H,7-18H2,1-6H3/t20-,22+,23-,24-,25-,26-,27-,28+,29+/m1/s1. The molecule has 0 saturated heterocycles. The van der Waals surface area contributed by atoms with E-state index >= 15 is 0 Å². The van der Waals surface area contributed by atoms with Gasteiger partial charge in [0, 0.05) is 6.92 Å². The number of hydrogen-bond acceptors (Lipinski definition) is 2. The summed E-state index contributed by atoms with van der Waals surface area (Å²) in [7, 11) is 0. The van der Waals surface area contributed by atoms with Crippen molar-refractivity contribution in [3.05, 3.63) is 0 Å². The zero-order valence-corrected chi connectivity index (χ0v) is 21.4. The molecule has 0 aliphatic heterocycles. The highest BCUT2D eigenvalue weighted by Gasteiger charge is 2.60. The molecule has 0 bridgehead atoms. The normalized spacial score (nSPS) is 45.5. The second-order valence-electron chi connectivity index (χ2n) is 13.2. The Balaban J connectivity index is 1.43. The fourth-order valence-corrected chi connectivity index (χ4v) is 9.59. The third-order valence-corrected chi connectivity index (χ3v) is 11.2. The van der Waals surface area contributed by atoms with Crippen molar-refractivity contribution in [2.75, 3.05) is 0 Å². The Morgan fingerprint density at radius 3 is 2.32 bits per heavy atom. The second kappa shape index (κ2) is 9.02. The van der Waals surface area contributed by atoms with Crippen LogP contribution < -0.4 is 0 Å². The van der Waals surface area contributed by atoms with Gasteiger partial charge in [0.2, 0.25) is 0 Å². The van der Waals surface area contributed by atoms with Gasteiger partial charge in [0.1, 0.15) is 6.10 Å². The molecule has 4 aliphatic carbocycles. The predicted octanol–water partition coefficient (Wildman–Crippen LogP) is 8.04. The molecule has 4 rings (SSSR count). The molecule has 0 unspecified atom stereocenters. The SMILES string of the molecule is CC(=O)O[C@@H]1CC[C@@]2(C)[C@@H](CC[C@@H]3[C@H]4CC[C@H]([C@H](C)CCCC(C)C)[C@]4(C)CC[C@H]32)C1. The van der Waals surface area contributed by atoms with E-state index in [-0.39, 0.29) is 12.1 Å². The van der Waals surface area contributed by atoms with Crippen LogP contribution in [0.5, 0.6) is 0 Å². The summed E-state index contributed by atoms with van der Waals surface area (Å²) in [6.45, 7) is 14.2. The second-order valence-corrected chi connectivity index (χ2v) is 13.2. The minimum atomic E-state index is -0.0877. The summed E-state index contributed by atoms with van der Waals surface area (Å²) in [5.41, 5.74) is 1.08. The van der Waals surface area contributed by atoms with Crippen LogP contribution in [0.15, 0.2) is 0 Å². The number of esters is 1. The van der Waals surface area contributed by atoms with Crippen LogP contribution in [0.4, 0.5) is 0 Å². The van der Waals surface area contributed by atoms with Crippen molar-refractivity contribution in [2.45, 2.75) is 125 Å². The Labute approximate surface area is 192 Å². The lowest BCUT2D eigenvalue weighted by Gasteiger charge is -2.61. The molecular weight excluding hydrogens is 380 g/mol. The Kier molecular flexibility index (Phi) is 6.87. The van der Waals surface area contributed by atoms with Crippen LogP contribution in [0, 0.1) is 52.3 Å². The van der Waals surface area contributed by atoms with Gasteiger partial charge in [0.05, 0.1) is 0 Å². The van der Waals surface area contributed by atoms with Crippen LogP contribution >= 0.6 is 0 Å². The molecule has 4 fully saturated rings. The topological polar surface area (TPSA) is 26.3 Å². The van der Waals surface area contributed by atoms with Crippen LogP contribution in [0.2, 0.25) is 0 Å². The van der Waals surface area contributed by atoms with E-state index in [0.29, 0.717) is 10.8 Å². The lowest BCUT2D eigenvalue weighted by molar-refractivity contribution is -0.160. The van der Waals surface area contributed by atoms with Gasteiger partial charge in [0.25, 0.3) is 0 Å². The quantitative estimate of drug-likeness (QED) is 0.398. The average molecular weight is 431 g/mol. The van der Waals surface area contributed by atoms with E-state index in [0.717, 1.165) is 54.3 Å². The van der Waals surface area contributed by atoms with E-state index in [9.17, 15) is 4.79 Å². The minimum absolute atomic E-state index is 0.0877. The van der Waals surface area contributed by atoms with Gasteiger partial charge in [-0.1, -0.05) is 53.9 Å². The van der Waals surface area contributed by atoms with Gasteiger partial charge in [-0.15, -0.1) is 0 Å². The van der Waals surface area contributed by atoms with E-state index in [4.69, 9.17) is 4.74 Å². The van der Waals surface area contributed by atoms with Gasteiger partial charge in [-0.05, 0) is 110 Å². The number of ether oxygens (including phenoxy) is 1. The molecule has 9 atom stereocenters. The monoisotopic (exact) mass is 430 g/mol. The molecule has 0 aromatic carbocycles. The number of rotatable bonds is 6. The van der Waals surface area contributed by atoms with E-state index in [2.05, 4.69) is 34.6 Å². The third kappa shape index (κ3) is 4.35. The molecule has 0 radical (unpaired) electrons. The van der Waals surface area contributed by atoms with Crippen molar-refractivity contribution in [3.8, 4) is 0 Å². The summed E-state index contributed by atoms with van der Waals surface area (Å²) in [5, 5.41) is 0. The third-order valence-electron chi connectivity index (χ3n) is 11.2. The summed E-state index contributed by atoms with van der Waals surface area (Å²) in [6.07, 6.45) is 16.6. The first-order chi connectivity index (χ1) is 14.6. The van der Waals surface area contributed by atoms with Crippen molar-refractivity contribution >= 4 is 5.97 Å². The van der Waals surface area contributed by atoms with Gasteiger partial charge < -0.3 is 4.74 Å². The summed E-state index contributed by atoms with van der Waals surface area (Å²) in [4.78, 5) is 11.5. The van der Waals surface area contributed by atoms with Crippen LogP contribution in [0.25, 0.3) is 0 Å². The highest BCUT2D eigenvalue weighted by molar-refractivity contribution is 5.66. The van der Waals surface area contributed by atoms with E-state index in [1.54, 1.807) is 6.92 Å². The number of carbonyl (C=O) groups excluding carboxylic acids is 1. The van der Waals surface area contributed by atoms with Crippen molar-refractivity contribution in [1.82, 2.24) is 0 Å². The molecule has 0 amide bonds. The molecule has 2 nitrogen and oxygen atoms in total. The van der Waals surface area contributed by atoms with Crippen molar-refractivity contribution in [3.63, 3.8) is 0 Å². The zero-order chi connectivity index (χ0) is 22.4. The molecule has 4 saturated carbocycles. The molecule has 4 aliphatic rings. The largest absolute Gasteiger partial charge is 0.463 e. The van der Waals surface area contributed by atoms with Crippen LogP contribution in [0.1, 0.15) is 119 Å². The fraction of sp³-hybridized carbons (Fsp3) is 0.966. The average Bonchev–Trinajstić information content (AvgIpc) is 3.05. The molecule has 0 aromatic heterocycles. The highest BCUT2D eigenvalue weighted by Crippen LogP contribution is 2.68. The Bertz CT molecular complexity index is 641. The maximum atomic E-state index is 11.5. The van der Waals surface area contributed by atoms with Gasteiger partial charge in [0.15, 0.2) is 0 Å².